The van der Waals surface area contributed by atoms with Gasteiger partial charge in [-0.2, -0.15) is 0 Å². The lowest BCUT2D eigenvalue weighted by Gasteiger charge is -2.23. The summed E-state index contributed by atoms with van der Waals surface area (Å²) in [5.74, 6) is 1.03. The van der Waals surface area contributed by atoms with Crippen LogP contribution in [0.25, 0.3) is 11.0 Å². The number of fused-ring (bicyclic) bond motifs is 1. The first-order valence-corrected chi connectivity index (χ1v) is 9.21. The summed E-state index contributed by atoms with van der Waals surface area (Å²) >= 11 is 0. The number of carbonyl (C=O) groups is 2. The van der Waals surface area contributed by atoms with Crippen molar-refractivity contribution in [3.05, 3.63) is 54.6 Å². The minimum Gasteiger partial charge on any atom is -0.497 e. The van der Waals surface area contributed by atoms with Gasteiger partial charge in [-0.05, 0) is 43.3 Å². The van der Waals surface area contributed by atoms with Gasteiger partial charge < -0.3 is 23.7 Å². The molecule has 0 saturated carbocycles. The Morgan fingerprint density at radius 1 is 1.14 bits per heavy atom. The summed E-state index contributed by atoms with van der Waals surface area (Å²) < 4.78 is 16.1. The maximum Gasteiger partial charge on any atom is 0.415 e. The van der Waals surface area contributed by atoms with Crippen molar-refractivity contribution in [1.82, 2.24) is 14.8 Å². The lowest BCUT2D eigenvalue weighted by molar-refractivity contribution is 0.0747. The zero-order chi connectivity index (χ0) is 20.8. The molecule has 0 radical (unpaired) electrons. The molecule has 152 valence electrons. The molecule has 29 heavy (non-hydrogen) atoms. The highest BCUT2D eigenvalue weighted by Gasteiger charge is 2.20. The molecule has 0 aliphatic heterocycles. The van der Waals surface area contributed by atoms with Crippen LogP contribution in [0.2, 0.25) is 0 Å². The average Bonchev–Trinajstić information content (AvgIpc) is 3.17. The predicted molar refractivity (Wildman–Crippen MR) is 107 cm³/mol. The number of nitrogens with zero attached hydrogens (tertiary/aromatic N) is 3. The van der Waals surface area contributed by atoms with E-state index < -0.39 is 6.09 Å². The second-order valence-electron chi connectivity index (χ2n) is 6.38. The maximum atomic E-state index is 12.7. The molecular formula is C21H23N3O5. The number of aromatic nitrogens is 1. The van der Waals surface area contributed by atoms with Gasteiger partial charge in [-0.15, -0.1) is 0 Å². The van der Waals surface area contributed by atoms with E-state index in [0.29, 0.717) is 36.7 Å². The Hall–Kier alpha value is -3.55. The molecule has 0 aliphatic carbocycles. The van der Waals surface area contributed by atoms with Crippen LogP contribution in [-0.4, -0.2) is 60.6 Å². The molecule has 0 atom stereocenters. The summed E-state index contributed by atoms with van der Waals surface area (Å²) in [6.45, 7) is 2.95. The minimum absolute atomic E-state index is 0.233. The van der Waals surface area contributed by atoms with Crippen molar-refractivity contribution in [2.24, 2.45) is 0 Å². The van der Waals surface area contributed by atoms with Gasteiger partial charge in [0.15, 0.2) is 11.5 Å². The number of furan rings is 1. The Balaban J connectivity index is 1.60. The van der Waals surface area contributed by atoms with Gasteiger partial charge in [0.2, 0.25) is 0 Å². The number of hydrogen-bond acceptors (Lipinski definition) is 6. The third-order valence-corrected chi connectivity index (χ3v) is 4.47. The second kappa shape index (κ2) is 9.09. The number of amides is 2. The first-order chi connectivity index (χ1) is 14.0. The van der Waals surface area contributed by atoms with Crippen LogP contribution in [0, 0.1) is 0 Å². The number of hydrogen-bond donors (Lipinski definition) is 0. The highest BCUT2D eigenvalue weighted by molar-refractivity contribution is 5.96. The molecule has 8 heteroatoms. The Kier molecular flexibility index (Phi) is 6.33. The van der Waals surface area contributed by atoms with Gasteiger partial charge >= 0.3 is 6.09 Å². The fourth-order valence-corrected chi connectivity index (χ4v) is 2.77. The van der Waals surface area contributed by atoms with Crippen molar-refractivity contribution >= 4 is 23.0 Å². The predicted octanol–water partition coefficient (Wildman–Crippen LogP) is 3.43. The number of pyridine rings is 1. The summed E-state index contributed by atoms with van der Waals surface area (Å²) in [7, 11) is 3.25. The lowest BCUT2D eigenvalue weighted by Crippen LogP contribution is -2.40. The van der Waals surface area contributed by atoms with Crippen molar-refractivity contribution in [3.8, 4) is 11.5 Å². The van der Waals surface area contributed by atoms with Crippen LogP contribution in [0.1, 0.15) is 17.5 Å². The molecule has 0 fully saturated rings. The molecule has 2 amide bonds. The van der Waals surface area contributed by atoms with Crippen LogP contribution in [0.4, 0.5) is 4.79 Å². The van der Waals surface area contributed by atoms with Crippen LogP contribution in [-0.2, 0) is 0 Å². The molecule has 8 nitrogen and oxygen atoms in total. The van der Waals surface area contributed by atoms with Crippen molar-refractivity contribution < 1.29 is 23.5 Å². The van der Waals surface area contributed by atoms with E-state index >= 15 is 0 Å². The fourth-order valence-electron chi connectivity index (χ4n) is 2.77. The third-order valence-electron chi connectivity index (χ3n) is 4.47. The molecule has 0 bridgehead atoms. The topological polar surface area (TPSA) is 85.1 Å². The monoisotopic (exact) mass is 397 g/mol. The standard InChI is InChI=1S/C21H23N3O5/c1-4-24(21(26)28-17-6-5-9-22-14-17)11-10-23(2)20(25)19-13-15-12-16(27-3)7-8-18(15)29-19/h5-9,12-14H,4,10-11H2,1-3H3. The van der Waals surface area contributed by atoms with E-state index in [1.807, 2.05) is 13.0 Å². The zero-order valence-corrected chi connectivity index (χ0v) is 16.6. The molecule has 2 heterocycles. The van der Waals surface area contributed by atoms with Gasteiger partial charge in [0.1, 0.15) is 11.3 Å². The van der Waals surface area contributed by atoms with Gasteiger partial charge in [-0.25, -0.2) is 4.79 Å². The van der Waals surface area contributed by atoms with Crippen molar-refractivity contribution in [3.63, 3.8) is 0 Å². The molecule has 3 aromatic rings. The number of likely N-dealkylation sites (N-methyl/N-ethyl adjacent to an activating group) is 2. The quantitative estimate of drug-likeness (QED) is 0.607. The molecule has 0 N–H and O–H groups in total. The Bertz CT molecular complexity index is 986. The van der Waals surface area contributed by atoms with E-state index in [0.717, 1.165) is 5.39 Å². The minimum atomic E-state index is -0.489. The number of benzene rings is 1. The molecular weight excluding hydrogens is 374 g/mol. The summed E-state index contributed by atoms with van der Waals surface area (Å²) in [6.07, 6.45) is 2.58. The molecule has 0 unspecified atom stereocenters. The summed E-state index contributed by atoms with van der Waals surface area (Å²) in [5, 5.41) is 0.788. The Morgan fingerprint density at radius 2 is 1.97 bits per heavy atom. The van der Waals surface area contributed by atoms with Crippen molar-refractivity contribution in [1.29, 1.82) is 0 Å². The molecule has 2 aromatic heterocycles. The van der Waals surface area contributed by atoms with E-state index in [4.69, 9.17) is 13.9 Å². The number of methoxy groups -OCH3 is 1. The second-order valence-corrected chi connectivity index (χ2v) is 6.38. The Labute approximate surface area is 168 Å². The average molecular weight is 397 g/mol. The molecule has 0 aliphatic rings. The first-order valence-electron chi connectivity index (χ1n) is 9.21. The van der Waals surface area contributed by atoms with Gasteiger partial charge in [0.05, 0.1) is 13.3 Å². The van der Waals surface area contributed by atoms with Crippen molar-refractivity contribution in [2.75, 3.05) is 33.8 Å². The first kappa shape index (κ1) is 20.2. The SMILES string of the molecule is CCN(CCN(C)C(=O)c1cc2cc(OC)ccc2o1)C(=O)Oc1cccnc1. The van der Waals surface area contributed by atoms with Crippen molar-refractivity contribution in [2.45, 2.75) is 6.92 Å². The van der Waals surface area contributed by atoms with Crippen LogP contribution in [0.5, 0.6) is 11.5 Å². The maximum absolute atomic E-state index is 12.7. The van der Waals surface area contributed by atoms with Gasteiger partial charge in [-0.3, -0.25) is 9.78 Å². The largest absolute Gasteiger partial charge is 0.497 e. The third kappa shape index (κ3) is 4.84. The molecule has 0 saturated heterocycles. The van der Waals surface area contributed by atoms with Crippen LogP contribution < -0.4 is 9.47 Å². The zero-order valence-electron chi connectivity index (χ0n) is 16.6. The highest BCUT2D eigenvalue weighted by atomic mass is 16.6. The molecule has 1 aromatic carbocycles. The van der Waals surface area contributed by atoms with E-state index in [1.165, 1.54) is 16.0 Å². The fraction of sp³-hybridized carbons (Fsp3) is 0.286. The number of carbonyl (C=O) groups excluding carboxylic acids is 2. The van der Waals surface area contributed by atoms with Crippen LogP contribution >= 0.6 is 0 Å². The molecule has 0 spiro atoms. The van der Waals surface area contributed by atoms with E-state index in [1.54, 1.807) is 50.7 Å². The smallest absolute Gasteiger partial charge is 0.415 e. The van der Waals surface area contributed by atoms with E-state index in [-0.39, 0.29) is 11.7 Å². The number of ether oxygens (including phenoxy) is 2. The van der Waals surface area contributed by atoms with Crippen LogP contribution in [0.3, 0.4) is 0 Å². The van der Waals surface area contributed by atoms with E-state index in [9.17, 15) is 9.59 Å². The normalized spacial score (nSPS) is 10.6. The van der Waals surface area contributed by atoms with Crippen LogP contribution in [0.15, 0.2) is 53.2 Å². The van der Waals surface area contributed by atoms with Gasteiger partial charge in [0, 0.05) is 38.3 Å². The number of rotatable bonds is 7. The summed E-state index contributed by atoms with van der Waals surface area (Å²) in [4.78, 5) is 31.9. The highest BCUT2D eigenvalue weighted by Crippen LogP contribution is 2.24. The Morgan fingerprint density at radius 3 is 2.66 bits per heavy atom. The van der Waals surface area contributed by atoms with Gasteiger partial charge in [0.25, 0.3) is 5.91 Å². The lowest BCUT2D eigenvalue weighted by atomic mass is 10.2. The molecule has 3 rings (SSSR count). The van der Waals surface area contributed by atoms with Gasteiger partial charge in [-0.1, -0.05) is 0 Å². The summed E-state index contributed by atoms with van der Waals surface area (Å²) in [6, 6.07) is 10.4. The summed E-state index contributed by atoms with van der Waals surface area (Å²) in [5.41, 5.74) is 0.609. The van der Waals surface area contributed by atoms with E-state index in [2.05, 4.69) is 4.98 Å².